The van der Waals surface area contributed by atoms with Gasteiger partial charge in [0.25, 0.3) is 0 Å². The predicted molar refractivity (Wildman–Crippen MR) is 203 cm³/mol. The van der Waals surface area contributed by atoms with Crippen molar-refractivity contribution in [3.8, 4) is 22.8 Å². The van der Waals surface area contributed by atoms with Gasteiger partial charge in [-0.25, -0.2) is 15.0 Å². The first-order valence-electron chi connectivity index (χ1n) is 16.9. The SMILES string of the molecule is CCc1cc(Nc2ncc(Cl)c(Nc3ccc(-c4cncnc4OC)cc3P(C)C)n2)c(OC)cc1N1CCC(N2CCN(C)CC2)CC1. The van der Waals surface area contributed by atoms with Crippen molar-refractivity contribution < 1.29 is 9.47 Å². The lowest BCUT2D eigenvalue weighted by molar-refractivity contribution is 0.0982. The Kier molecular flexibility index (Phi) is 11.3. The van der Waals surface area contributed by atoms with Gasteiger partial charge in [0.05, 0.1) is 31.7 Å². The number of benzene rings is 2. The minimum Gasteiger partial charge on any atom is -0.494 e. The highest BCUT2D eigenvalue weighted by Crippen LogP contribution is 2.38. The Morgan fingerprint density at radius 3 is 2.39 bits per heavy atom. The largest absolute Gasteiger partial charge is 0.494 e. The van der Waals surface area contributed by atoms with Gasteiger partial charge in [-0.3, -0.25) is 4.90 Å². The van der Waals surface area contributed by atoms with Crippen molar-refractivity contribution in [2.24, 2.45) is 0 Å². The molecule has 0 radical (unpaired) electrons. The van der Waals surface area contributed by atoms with Gasteiger partial charge < -0.3 is 29.9 Å². The first kappa shape index (κ1) is 35.1. The molecular formula is C36H47ClN9O2P. The van der Waals surface area contributed by atoms with E-state index < -0.39 is 7.92 Å². The maximum absolute atomic E-state index is 6.65. The Morgan fingerprint density at radius 2 is 1.69 bits per heavy atom. The molecule has 260 valence electrons. The van der Waals surface area contributed by atoms with Crippen molar-refractivity contribution >= 4 is 53.7 Å². The number of aromatic nitrogens is 4. The summed E-state index contributed by atoms with van der Waals surface area (Å²) < 4.78 is 11.4. The van der Waals surface area contributed by atoms with Gasteiger partial charge in [-0.05, 0) is 74.3 Å². The Hall–Kier alpha value is -3.76. The number of methoxy groups -OCH3 is 2. The van der Waals surface area contributed by atoms with E-state index in [1.807, 2.05) is 12.1 Å². The molecule has 0 unspecified atom stereocenters. The van der Waals surface area contributed by atoms with Crippen LogP contribution in [0, 0.1) is 0 Å². The van der Waals surface area contributed by atoms with E-state index in [1.54, 1.807) is 26.6 Å². The summed E-state index contributed by atoms with van der Waals surface area (Å²) in [5.74, 6) is 2.23. The van der Waals surface area contributed by atoms with Crippen LogP contribution in [0.2, 0.25) is 5.02 Å². The molecule has 2 N–H and O–H groups in total. The van der Waals surface area contributed by atoms with Crippen molar-refractivity contribution in [3.63, 3.8) is 0 Å². The molecule has 0 amide bonds. The second kappa shape index (κ2) is 15.9. The summed E-state index contributed by atoms with van der Waals surface area (Å²) in [5, 5.41) is 8.47. The number of likely N-dealkylation sites (N-methyl/N-ethyl adjacent to an activating group) is 1. The zero-order valence-corrected chi connectivity index (χ0v) is 31.0. The van der Waals surface area contributed by atoms with Crippen LogP contribution in [0.3, 0.4) is 0 Å². The highest BCUT2D eigenvalue weighted by atomic mass is 35.5. The third-order valence-corrected chi connectivity index (χ3v) is 11.2. The summed E-state index contributed by atoms with van der Waals surface area (Å²) in [6.07, 6.45) is 8.14. The summed E-state index contributed by atoms with van der Waals surface area (Å²) in [5.41, 5.74) is 6.06. The molecule has 4 heterocycles. The number of anilines is 5. The second-order valence-corrected chi connectivity index (χ2v) is 15.5. The number of hydrogen-bond donors (Lipinski definition) is 2. The molecule has 6 rings (SSSR count). The lowest BCUT2D eigenvalue weighted by Gasteiger charge is -2.43. The zero-order chi connectivity index (χ0) is 34.5. The molecule has 2 aliphatic heterocycles. The highest BCUT2D eigenvalue weighted by molar-refractivity contribution is 7.64. The van der Waals surface area contributed by atoms with Gasteiger partial charge in [0, 0.05) is 68.9 Å². The standard InChI is InChI=1S/C36H47ClN9O2P/c1-7-24-18-30(32(47-3)20-31(24)46-12-10-26(11-13-46)45-16-14-44(2)15-17-45)42-36-39-22-28(37)34(43-36)41-29-9-8-25(19-33(29)49(5)6)27-21-38-23-40-35(27)48-4/h8-9,18-23,26H,7,10-17H2,1-6H3,(H2,39,41,42,43). The summed E-state index contributed by atoms with van der Waals surface area (Å²) in [4.78, 5) is 25.4. The number of piperidine rings is 1. The van der Waals surface area contributed by atoms with E-state index in [0.29, 0.717) is 28.7 Å². The summed E-state index contributed by atoms with van der Waals surface area (Å²) in [6, 6.07) is 11.2. The number of nitrogens with one attached hydrogen (secondary N) is 2. The summed E-state index contributed by atoms with van der Waals surface area (Å²) in [7, 11) is 5.05. The molecule has 2 aromatic carbocycles. The number of ether oxygens (including phenoxy) is 2. The molecule has 0 spiro atoms. The maximum Gasteiger partial charge on any atom is 0.229 e. The third kappa shape index (κ3) is 8.01. The van der Waals surface area contributed by atoms with E-state index in [1.165, 1.54) is 43.5 Å². The molecule has 0 saturated carbocycles. The van der Waals surface area contributed by atoms with Gasteiger partial charge in [-0.15, -0.1) is 0 Å². The number of hydrogen-bond acceptors (Lipinski definition) is 11. The molecule has 11 nitrogen and oxygen atoms in total. The number of rotatable bonds is 11. The predicted octanol–water partition coefficient (Wildman–Crippen LogP) is 6.24. The topological polar surface area (TPSA) is 104 Å². The molecule has 0 aliphatic carbocycles. The monoisotopic (exact) mass is 703 g/mol. The van der Waals surface area contributed by atoms with Crippen LogP contribution >= 0.6 is 19.5 Å². The van der Waals surface area contributed by atoms with Crippen LogP contribution in [0.4, 0.5) is 28.8 Å². The van der Waals surface area contributed by atoms with Gasteiger partial charge >= 0.3 is 0 Å². The van der Waals surface area contributed by atoms with Crippen molar-refractivity contribution in [3.05, 3.63) is 59.6 Å². The van der Waals surface area contributed by atoms with E-state index in [2.05, 4.69) is 85.8 Å². The Morgan fingerprint density at radius 1 is 0.918 bits per heavy atom. The van der Waals surface area contributed by atoms with Crippen LogP contribution in [0.1, 0.15) is 25.3 Å². The van der Waals surface area contributed by atoms with Crippen LogP contribution in [0.15, 0.2) is 49.1 Å². The minimum absolute atomic E-state index is 0.423. The van der Waals surface area contributed by atoms with Gasteiger partial charge in [0.2, 0.25) is 11.8 Å². The van der Waals surface area contributed by atoms with Crippen molar-refractivity contribution in [2.75, 3.05) is 89.4 Å². The number of piperazine rings is 1. The molecule has 4 aromatic rings. The van der Waals surface area contributed by atoms with E-state index in [-0.39, 0.29) is 0 Å². The smallest absolute Gasteiger partial charge is 0.229 e. The fourth-order valence-corrected chi connectivity index (χ4v) is 7.88. The lowest BCUT2D eigenvalue weighted by atomic mass is 9.99. The average Bonchev–Trinajstić information content (AvgIpc) is 3.13. The normalized spacial score (nSPS) is 16.2. The van der Waals surface area contributed by atoms with E-state index in [4.69, 9.17) is 26.1 Å². The van der Waals surface area contributed by atoms with Gasteiger partial charge in [-0.1, -0.05) is 32.5 Å². The minimum atomic E-state index is -0.490. The van der Waals surface area contributed by atoms with Crippen LogP contribution in [0.5, 0.6) is 11.6 Å². The molecule has 49 heavy (non-hydrogen) atoms. The van der Waals surface area contributed by atoms with Gasteiger partial charge in [0.1, 0.15) is 17.1 Å². The van der Waals surface area contributed by atoms with E-state index in [9.17, 15) is 0 Å². The Bertz CT molecular complexity index is 1740. The Labute approximate surface area is 296 Å². The zero-order valence-electron chi connectivity index (χ0n) is 29.3. The fraction of sp³-hybridized carbons (Fsp3) is 0.444. The van der Waals surface area contributed by atoms with Crippen LogP contribution in [0.25, 0.3) is 11.1 Å². The van der Waals surface area contributed by atoms with Gasteiger partial charge in [-0.2, -0.15) is 4.98 Å². The quantitative estimate of drug-likeness (QED) is 0.174. The number of halogens is 1. The van der Waals surface area contributed by atoms with Gasteiger partial charge in [0.15, 0.2) is 5.82 Å². The molecular weight excluding hydrogens is 657 g/mol. The lowest BCUT2D eigenvalue weighted by Crippen LogP contribution is -2.52. The first-order chi connectivity index (χ1) is 23.8. The van der Waals surface area contributed by atoms with Crippen molar-refractivity contribution in [1.29, 1.82) is 0 Å². The van der Waals surface area contributed by atoms with Crippen molar-refractivity contribution in [1.82, 2.24) is 29.7 Å². The average molecular weight is 704 g/mol. The molecule has 2 fully saturated rings. The molecule has 2 aliphatic rings. The molecule has 2 aromatic heterocycles. The summed E-state index contributed by atoms with van der Waals surface area (Å²) >= 11 is 6.65. The summed E-state index contributed by atoms with van der Waals surface area (Å²) in [6.45, 7) is 13.4. The first-order valence-corrected chi connectivity index (χ1v) is 19.5. The van der Waals surface area contributed by atoms with Crippen LogP contribution < -0.4 is 30.3 Å². The van der Waals surface area contributed by atoms with Crippen LogP contribution in [-0.2, 0) is 6.42 Å². The van der Waals surface area contributed by atoms with E-state index >= 15 is 0 Å². The van der Waals surface area contributed by atoms with Crippen molar-refractivity contribution in [2.45, 2.75) is 32.2 Å². The second-order valence-electron chi connectivity index (χ2n) is 12.8. The Balaban J connectivity index is 1.20. The maximum atomic E-state index is 6.65. The number of aryl methyl sites for hydroxylation is 1. The molecule has 0 atom stereocenters. The highest BCUT2D eigenvalue weighted by Gasteiger charge is 2.28. The molecule has 2 saturated heterocycles. The van der Waals surface area contributed by atoms with E-state index in [0.717, 1.165) is 66.2 Å². The molecule has 13 heteroatoms. The third-order valence-electron chi connectivity index (χ3n) is 9.54. The fourth-order valence-electron chi connectivity index (χ4n) is 6.73. The van der Waals surface area contributed by atoms with Crippen LogP contribution in [-0.4, -0.2) is 110 Å². The number of nitrogens with zero attached hydrogens (tertiary/aromatic N) is 7. The molecule has 0 bridgehead atoms.